The molecule has 0 saturated carbocycles. The van der Waals surface area contributed by atoms with Gasteiger partial charge in [-0.05, 0) is 43.3 Å². The fourth-order valence-corrected chi connectivity index (χ4v) is 3.95. The average molecular weight is 420 g/mol. The molecule has 0 amide bonds. The number of hydrogen-bond acceptors (Lipinski definition) is 6. The molecule has 0 spiro atoms. The van der Waals surface area contributed by atoms with Crippen molar-refractivity contribution in [1.82, 2.24) is 9.97 Å². The smallest absolute Gasteiger partial charge is 0.263 e. The first-order valence-electron chi connectivity index (χ1n) is 9.40. The summed E-state index contributed by atoms with van der Waals surface area (Å²) in [5, 5.41) is 3.17. The van der Waals surface area contributed by atoms with Crippen LogP contribution in [0, 0.1) is 0 Å². The van der Waals surface area contributed by atoms with Crippen LogP contribution >= 0.6 is 0 Å². The minimum atomic E-state index is -3.84. The fourth-order valence-electron chi connectivity index (χ4n) is 2.92. The topological polar surface area (TPSA) is 93.2 Å². The lowest BCUT2D eigenvalue weighted by Gasteiger charge is -2.16. The van der Waals surface area contributed by atoms with Crippen molar-refractivity contribution < 1.29 is 13.2 Å². The molecule has 0 aliphatic rings. The maximum absolute atomic E-state index is 12.9. The van der Waals surface area contributed by atoms with Gasteiger partial charge in [-0.2, -0.15) is 0 Å². The monoisotopic (exact) mass is 420 g/mol. The Balaban J connectivity index is 1.79. The molecule has 0 atom stereocenters. The quantitative estimate of drug-likeness (QED) is 0.455. The number of ether oxygens (including phenoxy) is 1. The Bertz CT molecular complexity index is 1280. The first kappa shape index (κ1) is 19.7. The van der Waals surface area contributed by atoms with E-state index < -0.39 is 10.0 Å². The van der Waals surface area contributed by atoms with Crippen molar-refractivity contribution in [3.63, 3.8) is 0 Å². The highest BCUT2D eigenvalue weighted by atomic mass is 32.2. The van der Waals surface area contributed by atoms with Gasteiger partial charge in [-0.1, -0.05) is 42.5 Å². The number of nitrogens with zero attached hydrogens (tertiary/aromatic N) is 2. The minimum absolute atomic E-state index is 0.101. The van der Waals surface area contributed by atoms with Crippen LogP contribution in [0.15, 0.2) is 83.8 Å². The van der Waals surface area contributed by atoms with E-state index in [4.69, 9.17) is 4.74 Å². The molecule has 0 unspecified atom stereocenters. The van der Waals surface area contributed by atoms with Crippen LogP contribution in [0.5, 0.6) is 5.75 Å². The molecule has 0 fully saturated rings. The summed E-state index contributed by atoms with van der Waals surface area (Å²) in [6.45, 7) is 2.39. The molecule has 0 aliphatic heterocycles. The van der Waals surface area contributed by atoms with Crippen molar-refractivity contribution in [2.45, 2.75) is 11.8 Å². The number of sulfonamides is 1. The van der Waals surface area contributed by atoms with Crippen molar-refractivity contribution in [2.24, 2.45) is 0 Å². The molecule has 3 aromatic carbocycles. The predicted molar refractivity (Wildman–Crippen MR) is 118 cm³/mol. The van der Waals surface area contributed by atoms with Crippen molar-refractivity contribution in [2.75, 3.05) is 16.6 Å². The molecule has 0 aliphatic carbocycles. The first-order chi connectivity index (χ1) is 14.6. The number of benzene rings is 3. The Kier molecular flexibility index (Phi) is 5.49. The van der Waals surface area contributed by atoms with Crippen molar-refractivity contribution in [1.29, 1.82) is 0 Å². The minimum Gasteiger partial charge on any atom is -0.492 e. The van der Waals surface area contributed by atoms with Crippen LogP contribution in [0.3, 0.4) is 0 Å². The molecule has 0 saturated heterocycles. The molecule has 2 N–H and O–H groups in total. The Morgan fingerprint density at radius 2 is 1.40 bits per heavy atom. The number of aromatic nitrogens is 2. The van der Waals surface area contributed by atoms with E-state index in [1.165, 1.54) is 12.1 Å². The van der Waals surface area contributed by atoms with E-state index in [0.717, 1.165) is 0 Å². The number of nitrogens with one attached hydrogen (secondary N) is 2. The van der Waals surface area contributed by atoms with Crippen LogP contribution in [0.1, 0.15) is 6.92 Å². The van der Waals surface area contributed by atoms with Gasteiger partial charge in [0.25, 0.3) is 10.0 Å². The summed E-state index contributed by atoms with van der Waals surface area (Å²) in [5.41, 5.74) is 1.87. The van der Waals surface area contributed by atoms with Crippen LogP contribution in [0.4, 0.5) is 17.3 Å². The second-order valence-corrected chi connectivity index (χ2v) is 8.06. The second-order valence-electron chi connectivity index (χ2n) is 6.38. The molecular formula is C22H20N4O3S. The maximum Gasteiger partial charge on any atom is 0.263 e. The molecule has 152 valence electrons. The number of rotatable bonds is 7. The Morgan fingerprint density at radius 1 is 0.800 bits per heavy atom. The van der Waals surface area contributed by atoms with Crippen LogP contribution in [0.2, 0.25) is 0 Å². The molecule has 7 nitrogen and oxygen atoms in total. The Labute approximate surface area is 174 Å². The number of fused-ring (bicyclic) bond motifs is 1. The third-order valence-corrected chi connectivity index (χ3v) is 5.65. The van der Waals surface area contributed by atoms with Crippen molar-refractivity contribution >= 4 is 38.4 Å². The molecule has 8 heteroatoms. The van der Waals surface area contributed by atoms with E-state index in [9.17, 15) is 8.42 Å². The van der Waals surface area contributed by atoms with Gasteiger partial charge in [-0.25, -0.2) is 18.4 Å². The molecule has 30 heavy (non-hydrogen) atoms. The van der Waals surface area contributed by atoms with Crippen LogP contribution in [-0.4, -0.2) is 25.0 Å². The van der Waals surface area contributed by atoms with E-state index in [2.05, 4.69) is 20.0 Å². The third kappa shape index (κ3) is 4.18. The fraction of sp³-hybridized carbons (Fsp3) is 0.0909. The maximum atomic E-state index is 12.9. The zero-order chi connectivity index (χ0) is 21.0. The van der Waals surface area contributed by atoms with Gasteiger partial charge in [0.15, 0.2) is 11.6 Å². The van der Waals surface area contributed by atoms with E-state index >= 15 is 0 Å². The van der Waals surface area contributed by atoms with Crippen molar-refractivity contribution in [3.8, 4) is 5.75 Å². The number of hydrogen-bond donors (Lipinski definition) is 2. The van der Waals surface area contributed by atoms with Gasteiger partial charge in [0.05, 0.1) is 28.2 Å². The molecule has 4 rings (SSSR count). The Morgan fingerprint density at radius 3 is 2.10 bits per heavy atom. The standard InChI is InChI=1S/C22H20N4O3S/c1-2-29-20-15-9-8-14-19(20)25-21-22(24-18-13-7-6-12-17(18)23-21)26-30(27,28)16-10-4-3-5-11-16/h3-15H,2H2,1H3,(H,23,25)(H,24,26). The van der Waals surface area contributed by atoms with Gasteiger partial charge < -0.3 is 10.1 Å². The Hall–Kier alpha value is -3.65. The van der Waals surface area contributed by atoms with Gasteiger partial charge in [0, 0.05) is 0 Å². The lowest BCUT2D eigenvalue weighted by molar-refractivity contribution is 0.342. The summed E-state index contributed by atoms with van der Waals surface area (Å²) in [5.74, 6) is 1.01. The summed E-state index contributed by atoms with van der Waals surface area (Å²) in [6.07, 6.45) is 0. The van der Waals surface area contributed by atoms with Crippen molar-refractivity contribution in [3.05, 3.63) is 78.9 Å². The summed E-state index contributed by atoms with van der Waals surface area (Å²) < 4.78 is 34.0. The lowest BCUT2D eigenvalue weighted by Crippen LogP contribution is -2.16. The molecule has 1 heterocycles. The lowest BCUT2D eigenvalue weighted by atomic mass is 10.3. The highest BCUT2D eigenvalue weighted by molar-refractivity contribution is 7.92. The average Bonchev–Trinajstić information content (AvgIpc) is 2.76. The van der Waals surface area contributed by atoms with Crippen LogP contribution < -0.4 is 14.8 Å². The second kappa shape index (κ2) is 8.38. The summed E-state index contributed by atoms with van der Waals surface area (Å²) in [4.78, 5) is 9.23. The summed E-state index contributed by atoms with van der Waals surface area (Å²) in [6, 6.07) is 22.8. The van der Waals surface area contributed by atoms with Gasteiger partial charge in [0.1, 0.15) is 5.75 Å². The van der Waals surface area contributed by atoms with E-state index in [-0.39, 0.29) is 16.5 Å². The van der Waals surface area contributed by atoms with Crippen LogP contribution in [-0.2, 0) is 10.0 Å². The predicted octanol–water partition coefficient (Wildman–Crippen LogP) is 4.57. The van der Waals surface area contributed by atoms with E-state index in [1.54, 1.807) is 24.3 Å². The highest BCUT2D eigenvalue weighted by Crippen LogP contribution is 2.31. The molecular weight excluding hydrogens is 400 g/mol. The van der Waals surface area contributed by atoms with Crippen LogP contribution in [0.25, 0.3) is 11.0 Å². The van der Waals surface area contributed by atoms with E-state index in [1.807, 2.05) is 49.4 Å². The molecule has 0 bridgehead atoms. The molecule has 0 radical (unpaired) electrons. The van der Waals surface area contributed by atoms with Gasteiger partial charge in [-0.3, -0.25) is 4.72 Å². The van der Waals surface area contributed by atoms with Gasteiger partial charge in [-0.15, -0.1) is 0 Å². The first-order valence-corrected chi connectivity index (χ1v) is 10.9. The number of para-hydroxylation sites is 4. The summed E-state index contributed by atoms with van der Waals surface area (Å²) >= 11 is 0. The zero-order valence-corrected chi connectivity index (χ0v) is 17.1. The van der Waals surface area contributed by atoms with Gasteiger partial charge >= 0.3 is 0 Å². The zero-order valence-electron chi connectivity index (χ0n) is 16.2. The molecule has 1 aromatic heterocycles. The number of anilines is 3. The highest BCUT2D eigenvalue weighted by Gasteiger charge is 2.19. The van der Waals surface area contributed by atoms with E-state index in [0.29, 0.717) is 29.1 Å². The summed E-state index contributed by atoms with van der Waals surface area (Å²) in [7, 11) is -3.84. The molecule has 4 aromatic rings. The normalized spacial score (nSPS) is 11.2. The largest absolute Gasteiger partial charge is 0.492 e. The SMILES string of the molecule is CCOc1ccccc1Nc1nc2ccccc2nc1NS(=O)(=O)c1ccccc1. The van der Waals surface area contributed by atoms with Gasteiger partial charge in [0.2, 0.25) is 0 Å². The third-order valence-electron chi connectivity index (χ3n) is 4.30.